The number of benzene rings is 1. The molecule has 2 heterocycles. The second kappa shape index (κ2) is 5.89. The van der Waals surface area contributed by atoms with Gasteiger partial charge in [0.05, 0.1) is 11.7 Å². The normalized spacial score (nSPS) is 10.6. The molecule has 0 aliphatic carbocycles. The van der Waals surface area contributed by atoms with Crippen LogP contribution in [0, 0.1) is 0 Å². The van der Waals surface area contributed by atoms with Crippen LogP contribution in [-0.2, 0) is 6.54 Å². The van der Waals surface area contributed by atoms with Crippen molar-refractivity contribution in [1.82, 2.24) is 14.9 Å². The zero-order valence-corrected chi connectivity index (χ0v) is 12.7. The predicted molar refractivity (Wildman–Crippen MR) is 87.1 cm³/mol. The monoisotopic (exact) mass is 294 g/mol. The Morgan fingerprint density at radius 2 is 2.09 bits per heavy atom. The van der Waals surface area contributed by atoms with Crippen LogP contribution in [0.3, 0.4) is 0 Å². The van der Waals surface area contributed by atoms with Gasteiger partial charge in [-0.2, -0.15) is 5.10 Å². The molecule has 0 saturated carbocycles. The van der Waals surface area contributed by atoms with Gasteiger partial charge in [0.2, 0.25) is 0 Å². The Bertz CT molecular complexity index is 807. The van der Waals surface area contributed by atoms with Crippen LogP contribution in [-0.4, -0.2) is 29.6 Å². The summed E-state index contributed by atoms with van der Waals surface area (Å²) in [6.45, 7) is 0.457. The van der Waals surface area contributed by atoms with Gasteiger partial charge in [-0.1, -0.05) is 12.1 Å². The van der Waals surface area contributed by atoms with Gasteiger partial charge in [-0.15, -0.1) is 0 Å². The molecule has 5 heteroatoms. The van der Waals surface area contributed by atoms with E-state index in [-0.39, 0.29) is 5.91 Å². The van der Waals surface area contributed by atoms with Crippen molar-refractivity contribution in [3.05, 3.63) is 66.0 Å². The molecule has 3 rings (SSSR count). The van der Waals surface area contributed by atoms with Crippen molar-refractivity contribution in [2.75, 3.05) is 19.0 Å². The summed E-state index contributed by atoms with van der Waals surface area (Å²) in [7, 11) is 3.91. The summed E-state index contributed by atoms with van der Waals surface area (Å²) in [5, 5.41) is 7.21. The Balaban J connectivity index is 1.73. The molecule has 0 fully saturated rings. The van der Waals surface area contributed by atoms with Gasteiger partial charge < -0.3 is 10.2 Å². The first kappa shape index (κ1) is 14.1. The molecule has 1 amide bonds. The fourth-order valence-corrected chi connectivity index (χ4v) is 2.33. The number of nitrogens with zero attached hydrogens (tertiary/aromatic N) is 3. The molecule has 0 radical (unpaired) electrons. The Labute approximate surface area is 129 Å². The standard InChI is InChI=1S/C17H18N4O/c1-20(2)15-7-5-6-13(10-15)17(22)18-11-14-12-19-21-9-4-3-8-16(14)21/h3-10,12H,11H2,1-2H3,(H,18,22). The van der Waals surface area contributed by atoms with E-state index in [0.29, 0.717) is 12.1 Å². The number of rotatable bonds is 4. The molecule has 22 heavy (non-hydrogen) atoms. The van der Waals surface area contributed by atoms with Crippen LogP contribution in [0.2, 0.25) is 0 Å². The molecule has 2 aromatic heterocycles. The van der Waals surface area contributed by atoms with Crippen molar-refractivity contribution in [2.24, 2.45) is 0 Å². The van der Waals surface area contributed by atoms with Crippen LogP contribution in [0.1, 0.15) is 15.9 Å². The molecule has 0 aliphatic heterocycles. The minimum Gasteiger partial charge on any atom is -0.378 e. The maximum atomic E-state index is 12.3. The van der Waals surface area contributed by atoms with Crippen molar-refractivity contribution < 1.29 is 4.79 Å². The lowest BCUT2D eigenvalue weighted by molar-refractivity contribution is 0.0951. The summed E-state index contributed by atoms with van der Waals surface area (Å²) in [6.07, 6.45) is 3.67. The van der Waals surface area contributed by atoms with Crippen molar-refractivity contribution in [2.45, 2.75) is 6.54 Å². The summed E-state index contributed by atoms with van der Waals surface area (Å²) in [4.78, 5) is 14.3. The fourth-order valence-electron chi connectivity index (χ4n) is 2.33. The van der Waals surface area contributed by atoms with Gasteiger partial charge in [0.25, 0.3) is 5.91 Å². The van der Waals surface area contributed by atoms with Crippen LogP contribution in [0.4, 0.5) is 5.69 Å². The maximum absolute atomic E-state index is 12.3. The number of amides is 1. The van der Waals surface area contributed by atoms with E-state index in [2.05, 4.69) is 10.4 Å². The number of carbonyl (C=O) groups excluding carboxylic acids is 1. The molecule has 0 atom stereocenters. The first-order valence-corrected chi connectivity index (χ1v) is 7.12. The quantitative estimate of drug-likeness (QED) is 0.803. The van der Waals surface area contributed by atoms with Crippen LogP contribution < -0.4 is 10.2 Å². The lowest BCUT2D eigenvalue weighted by Crippen LogP contribution is -2.23. The topological polar surface area (TPSA) is 49.6 Å². The minimum absolute atomic E-state index is 0.0843. The number of aromatic nitrogens is 2. The molecule has 0 saturated heterocycles. The first-order chi connectivity index (χ1) is 10.6. The summed E-state index contributed by atoms with van der Waals surface area (Å²) in [5.74, 6) is -0.0843. The third-order valence-electron chi connectivity index (χ3n) is 3.57. The molecule has 3 aromatic rings. The van der Waals surface area contributed by atoms with Gasteiger partial charge in [-0.05, 0) is 30.3 Å². The average Bonchev–Trinajstić information content (AvgIpc) is 2.96. The summed E-state index contributed by atoms with van der Waals surface area (Å²) >= 11 is 0. The number of hydrogen-bond acceptors (Lipinski definition) is 3. The molecule has 1 aromatic carbocycles. The van der Waals surface area contributed by atoms with Crippen LogP contribution in [0.25, 0.3) is 5.52 Å². The molecule has 1 N–H and O–H groups in total. The first-order valence-electron chi connectivity index (χ1n) is 7.12. The molecule has 5 nitrogen and oxygen atoms in total. The zero-order chi connectivity index (χ0) is 15.5. The Morgan fingerprint density at radius 3 is 2.91 bits per heavy atom. The number of nitrogens with one attached hydrogen (secondary N) is 1. The third kappa shape index (κ3) is 2.79. The summed E-state index contributed by atoms with van der Waals surface area (Å²) in [5.41, 5.74) is 3.66. The van der Waals surface area contributed by atoms with Crippen molar-refractivity contribution in [3.8, 4) is 0 Å². The molecule has 0 unspecified atom stereocenters. The van der Waals surface area contributed by atoms with E-state index in [1.807, 2.05) is 67.7 Å². The lowest BCUT2D eigenvalue weighted by atomic mass is 10.1. The number of anilines is 1. The van der Waals surface area contributed by atoms with Crippen LogP contribution in [0.5, 0.6) is 0 Å². The fraction of sp³-hybridized carbons (Fsp3) is 0.176. The lowest BCUT2D eigenvalue weighted by Gasteiger charge is -2.13. The second-order valence-corrected chi connectivity index (χ2v) is 5.33. The summed E-state index contributed by atoms with van der Waals surface area (Å²) < 4.78 is 1.80. The summed E-state index contributed by atoms with van der Waals surface area (Å²) in [6, 6.07) is 13.4. The van der Waals surface area contributed by atoms with Gasteiger partial charge in [-0.3, -0.25) is 4.79 Å². The molecule has 112 valence electrons. The number of carbonyl (C=O) groups is 1. The highest BCUT2D eigenvalue weighted by Gasteiger charge is 2.09. The average molecular weight is 294 g/mol. The predicted octanol–water partition coefficient (Wildman–Crippen LogP) is 2.33. The highest BCUT2D eigenvalue weighted by atomic mass is 16.1. The molecule has 0 bridgehead atoms. The van der Waals surface area contributed by atoms with Gasteiger partial charge >= 0.3 is 0 Å². The van der Waals surface area contributed by atoms with E-state index in [1.165, 1.54) is 0 Å². The number of pyridine rings is 1. The number of fused-ring (bicyclic) bond motifs is 1. The van der Waals surface area contributed by atoms with E-state index in [4.69, 9.17) is 0 Å². The van der Waals surface area contributed by atoms with Gasteiger partial charge in [0.15, 0.2) is 0 Å². The molecule has 0 aliphatic rings. The SMILES string of the molecule is CN(C)c1cccc(C(=O)NCc2cnn3ccccc23)c1. The number of hydrogen-bond donors (Lipinski definition) is 1. The van der Waals surface area contributed by atoms with Gasteiger partial charge in [-0.25, -0.2) is 4.52 Å². The van der Waals surface area contributed by atoms with E-state index < -0.39 is 0 Å². The second-order valence-electron chi connectivity index (χ2n) is 5.33. The van der Waals surface area contributed by atoms with Gasteiger partial charge in [0.1, 0.15) is 0 Å². The highest BCUT2D eigenvalue weighted by molar-refractivity contribution is 5.95. The van der Waals surface area contributed by atoms with Crippen LogP contribution >= 0.6 is 0 Å². The zero-order valence-electron chi connectivity index (χ0n) is 12.7. The van der Waals surface area contributed by atoms with Crippen LogP contribution in [0.15, 0.2) is 54.9 Å². The van der Waals surface area contributed by atoms with E-state index in [1.54, 1.807) is 10.7 Å². The van der Waals surface area contributed by atoms with Crippen molar-refractivity contribution >= 4 is 17.1 Å². The molecular formula is C17H18N4O. The smallest absolute Gasteiger partial charge is 0.251 e. The highest BCUT2D eigenvalue weighted by Crippen LogP contribution is 2.14. The van der Waals surface area contributed by atoms with E-state index >= 15 is 0 Å². The van der Waals surface area contributed by atoms with E-state index in [0.717, 1.165) is 16.8 Å². The third-order valence-corrected chi connectivity index (χ3v) is 3.57. The Hall–Kier alpha value is -2.82. The molecule has 0 spiro atoms. The Morgan fingerprint density at radius 1 is 1.23 bits per heavy atom. The maximum Gasteiger partial charge on any atom is 0.251 e. The largest absolute Gasteiger partial charge is 0.378 e. The molecular weight excluding hydrogens is 276 g/mol. The Kier molecular flexibility index (Phi) is 3.78. The van der Waals surface area contributed by atoms with Crippen molar-refractivity contribution in [1.29, 1.82) is 0 Å². The van der Waals surface area contributed by atoms with Crippen molar-refractivity contribution in [3.63, 3.8) is 0 Å². The van der Waals surface area contributed by atoms with Gasteiger partial charge in [0, 0.05) is 43.7 Å². The van der Waals surface area contributed by atoms with E-state index in [9.17, 15) is 4.79 Å². The minimum atomic E-state index is -0.0843.